The lowest BCUT2D eigenvalue weighted by Crippen LogP contribution is -2.47. The highest BCUT2D eigenvalue weighted by Crippen LogP contribution is 2.24. The van der Waals surface area contributed by atoms with Crippen molar-refractivity contribution in [1.29, 1.82) is 0 Å². The van der Waals surface area contributed by atoms with Crippen LogP contribution in [-0.2, 0) is 4.79 Å². The molecule has 5 rings (SSSR count). The molecule has 0 unspecified atom stereocenters. The van der Waals surface area contributed by atoms with E-state index in [4.69, 9.17) is 11.6 Å². The fourth-order valence-corrected chi connectivity index (χ4v) is 5.54. The number of likely N-dealkylation sites (tertiary alicyclic amines) is 2. The molecule has 2 aromatic carbocycles. The Kier molecular flexibility index (Phi) is 8.94. The van der Waals surface area contributed by atoms with Gasteiger partial charge in [-0.05, 0) is 81.1 Å². The van der Waals surface area contributed by atoms with Crippen molar-refractivity contribution in [3.8, 4) is 0 Å². The maximum atomic E-state index is 13.6. The maximum Gasteiger partial charge on any atom is 0.275 e. The molecule has 2 aliphatic rings. The fraction of sp³-hybridized carbons (Fsp3) is 0.429. The van der Waals surface area contributed by atoms with Crippen LogP contribution in [0.4, 0.5) is 5.69 Å². The van der Waals surface area contributed by atoms with Crippen LogP contribution < -0.4 is 4.90 Å². The number of aromatic amines is 1. The van der Waals surface area contributed by atoms with E-state index in [1.807, 2.05) is 47.4 Å². The number of carbonyl (C=O) groups is 2. The van der Waals surface area contributed by atoms with Gasteiger partial charge in [0.25, 0.3) is 5.91 Å². The summed E-state index contributed by atoms with van der Waals surface area (Å²) in [4.78, 5) is 36.2. The van der Waals surface area contributed by atoms with E-state index < -0.39 is 0 Å². The average molecular weight is 530 g/mol. The van der Waals surface area contributed by atoms with Crippen molar-refractivity contribution in [2.24, 2.45) is 5.92 Å². The molecule has 36 heavy (non-hydrogen) atoms. The molecule has 0 aliphatic carbocycles. The van der Waals surface area contributed by atoms with Crippen molar-refractivity contribution in [2.75, 3.05) is 44.2 Å². The number of hydrogen-bond acceptors (Lipinski definition) is 3. The Hall–Kier alpha value is -2.54. The van der Waals surface area contributed by atoms with Gasteiger partial charge in [-0.3, -0.25) is 14.5 Å². The Morgan fingerprint density at radius 2 is 1.67 bits per heavy atom. The summed E-state index contributed by atoms with van der Waals surface area (Å²) in [6.07, 6.45) is 6.04. The summed E-state index contributed by atoms with van der Waals surface area (Å²) in [7, 11) is 0. The largest absolute Gasteiger partial charge is 0.351 e. The fourth-order valence-electron chi connectivity index (χ4n) is 5.36. The molecule has 2 saturated heterocycles. The van der Waals surface area contributed by atoms with Crippen molar-refractivity contribution >= 4 is 52.4 Å². The van der Waals surface area contributed by atoms with E-state index in [0.29, 0.717) is 22.3 Å². The molecule has 0 saturated carbocycles. The number of para-hydroxylation sites is 1. The Bertz CT molecular complexity index is 1170. The molecule has 6 nitrogen and oxygen atoms in total. The number of anilines is 1. The van der Waals surface area contributed by atoms with Crippen molar-refractivity contribution in [2.45, 2.75) is 32.1 Å². The number of hydrogen-bond donors (Lipinski definition) is 1. The first-order valence-electron chi connectivity index (χ1n) is 12.7. The van der Waals surface area contributed by atoms with Gasteiger partial charge in [-0.2, -0.15) is 0 Å². The number of carbonyl (C=O) groups excluding carboxylic acids is 2. The Labute approximate surface area is 224 Å². The molecule has 1 aromatic heterocycles. The third kappa shape index (κ3) is 6.23. The van der Waals surface area contributed by atoms with Crippen LogP contribution in [0.25, 0.3) is 10.9 Å². The predicted molar refractivity (Wildman–Crippen MR) is 148 cm³/mol. The smallest absolute Gasteiger partial charge is 0.275 e. The molecule has 3 heterocycles. The number of H-pyrrole nitrogens is 1. The lowest BCUT2D eigenvalue weighted by atomic mass is 9.95. The van der Waals surface area contributed by atoms with Gasteiger partial charge in [0.05, 0.1) is 0 Å². The first-order valence-corrected chi connectivity index (χ1v) is 13.1. The second-order valence-corrected chi connectivity index (χ2v) is 10.3. The van der Waals surface area contributed by atoms with E-state index in [0.717, 1.165) is 43.4 Å². The molecule has 2 amide bonds. The number of nitrogens with one attached hydrogen (secondary N) is 1. The Morgan fingerprint density at radius 1 is 0.944 bits per heavy atom. The van der Waals surface area contributed by atoms with Crippen molar-refractivity contribution in [3.05, 3.63) is 65.3 Å². The lowest BCUT2D eigenvalue weighted by Gasteiger charge is -2.36. The molecular formula is C28H34Cl2N4O2. The van der Waals surface area contributed by atoms with Crippen LogP contribution in [0.5, 0.6) is 0 Å². The number of nitrogens with zero attached hydrogens (tertiary/aromatic N) is 3. The van der Waals surface area contributed by atoms with E-state index >= 15 is 0 Å². The molecule has 0 spiro atoms. The summed E-state index contributed by atoms with van der Waals surface area (Å²) >= 11 is 6.12. The number of aromatic nitrogens is 1. The van der Waals surface area contributed by atoms with Gasteiger partial charge in [-0.15, -0.1) is 12.4 Å². The summed E-state index contributed by atoms with van der Waals surface area (Å²) in [6.45, 7) is 5.13. The van der Waals surface area contributed by atoms with E-state index in [2.05, 4.69) is 9.88 Å². The first-order chi connectivity index (χ1) is 17.1. The molecule has 0 atom stereocenters. The number of halogens is 2. The van der Waals surface area contributed by atoms with Gasteiger partial charge in [0.2, 0.25) is 5.91 Å². The molecule has 1 N–H and O–H groups in total. The lowest BCUT2D eigenvalue weighted by molar-refractivity contribution is -0.131. The van der Waals surface area contributed by atoms with E-state index in [9.17, 15) is 9.59 Å². The molecule has 8 heteroatoms. The van der Waals surface area contributed by atoms with Crippen LogP contribution in [-0.4, -0.2) is 65.9 Å². The van der Waals surface area contributed by atoms with Crippen LogP contribution in [0.3, 0.4) is 0 Å². The number of amides is 2. The molecule has 192 valence electrons. The van der Waals surface area contributed by atoms with Crippen molar-refractivity contribution in [3.63, 3.8) is 0 Å². The predicted octanol–water partition coefficient (Wildman–Crippen LogP) is 5.61. The van der Waals surface area contributed by atoms with Crippen molar-refractivity contribution in [1.82, 2.24) is 14.8 Å². The van der Waals surface area contributed by atoms with Crippen LogP contribution in [0, 0.1) is 5.92 Å². The quantitative estimate of drug-likeness (QED) is 0.452. The minimum absolute atomic E-state index is 0. The molecule has 2 fully saturated rings. The van der Waals surface area contributed by atoms with Gasteiger partial charge in [-0.1, -0.05) is 36.2 Å². The number of benzene rings is 2. The van der Waals surface area contributed by atoms with Crippen molar-refractivity contribution < 1.29 is 9.59 Å². The Morgan fingerprint density at radius 3 is 2.39 bits per heavy atom. The number of piperidine rings is 2. The molecular weight excluding hydrogens is 495 g/mol. The third-order valence-electron chi connectivity index (χ3n) is 7.35. The summed E-state index contributed by atoms with van der Waals surface area (Å²) in [5.41, 5.74) is 1.99. The van der Waals surface area contributed by atoms with Gasteiger partial charge in [0, 0.05) is 41.2 Å². The monoisotopic (exact) mass is 528 g/mol. The highest BCUT2D eigenvalue weighted by molar-refractivity contribution is 6.31. The van der Waals surface area contributed by atoms with E-state index in [1.165, 1.54) is 32.4 Å². The summed E-state index contributed by atoms with van der Waals surface area (Å²) in [5.74, 6) is 0.428. The minimum atomic E-state index is -0.225. The zero-order valence-electron chi connectivity index (χ0n) is 20.5. The van der Waals surface area contributed by atoms with Gasteiger partial charge in [-0.25, -0.2) is 0 Å². The van der Waals surface area contributed by atoms with Gasteiger partial charge in [0.15, 0.2) is 0 Å². The highest BCUT2D eigenvalue weighted by atomic mass is 35.5. The standard InChI is InChI=1S/C28H33ClN4O2.ClH/c29-23-9-10-25-22(17-23)18-26(30-25)28(35)33(24-7-3-1-4-8-24)20-27(34)32-15-11-21(12-16-32)19-31-13-5-2-6-14-31;/h1,3-4,7-10,17-18,21,30H,2,5-6,11-16,19-20H2;1H. The molecule has 3 aromatic rings. The molecule has 0 bridgehead atoms. The van der Waals surface area contributed by atoms with Gasteiger partial charge >= 0.3 is 0 Å². The van der Waals surface area contributed by atoms with Crippen LogP contribution >= 0.6 is 24.0 Å². The van der Waals surface area contributed by atoms with E-state index in [-0.39, 0.29) is 30.8 Å². The number of fused-ring (bicyclic) bond motifs is 1. The Balaban J connectivity index is 0.00000304. The zero-order valence-corrected chi connectivity index (χ0v) is 22.1. The van der Waals surface area contributed by atoms with Crippen LogP contribution in [0.15, 0.2) is 54.6 Å². The minimum Gasteiger partial charge on any atom is -0.351 e. The summed E-state index contributed by atoms with van der Waals surface area (Å²) < 4.78 is 0. The van der Waals surface area contributed by atoms with Gasteiger partial charge < -0.3 is 14.8 Å². The molecule has 0 radical (unpaired) electrons. The van der Waals surface area contributed by atoms with Crippen LogP contribution in [0.2, 0.25) is 5.02 Å². The second-order valence-electron chi connectivity index (χ2n) is 9.83. The topological polar surface area (TPSA) is 59.7 Å². The second kappa shape index (κ2) is 12.1. The third-order valence-corrected chi connectivity index (χ3v) is 7.59. The molecule has 2 aliphatic heterocycles. The summed E-state index contributed by atoms with van der Waals surface area (Å²) in [5, 5.41) is 1.49. The van der Waals surface area contributed by atoms with E-state index in [1.54, 1.807) is 17.0 Å². The zero-order chi connectivity index (χ0) is 24.2. The van der Waals surface area contributed by atoms with Crippen LogP contribution in [0.1, 0.15) is 42.6 Å². The van der Waals surface area contributed by atoms with Gasteiger partial charge in [0.1, 0.15) is 12.2 Å². The number of rotatable bonds is 6. The average Bonchev–Trinajstić information content (AvgIpc) is 3.31. The summed E-state index contributed by atoms with van der Waals surface area (Å²) in [6, 6.07) is 16.7. The maximum absolute atomic E-state index is 13.6. The SMILES string of the molecule is Cl.O=C(CN(C(=O)c1cc2cc(Cl)ccc2[nH]1)c1ccccc1)N1CCC(CN2CCCCC2)CC1. The first kappa shape index (κ1) is 26.5. The normalized spacial score (nSPS) is 17.1. The highest BCUT2D eigenvalue weighted by Gasteiger charge is 2.28.